The third-order valence-electron chi connectivity index (χ3n) is 3.18. The number of H-pyrrole nitrogens is 1. The van der Waals surface area contributed by atoms with Crippen LogP contribution in [0.25, 0.3) is 0 Å². The Hall–Kier alpha value is -1.14. The number of hydrogen-bond acceptors (Lipinski definition) is 3. The molecule has 1 unspecified atom stereocenters. The predicted octanol–water partition coefficient (Wildman–Crippen LogP) is 1.87. The summed E-state index contributed by atoms with van der Waals surface area (Å²) in [6, 6.07) is 1.21. The molecule has 1 atom stereocenters. The first-order valence-electron chi connectivity index (χ1n) is 6.68. The lowest BCUT2D eigenvalue weighted by Crippen LogP contribution is -2.32. The Morgan fingerprint density at radius 3 is 2.68 bits per heavy atom. The molecule has 19 heavy (non-hydrogen) atoms. The lowest BCUT2D eigenvalue weighted by Gasteiger charge is -2.15. The summed E-state index contributed by atoms with van der Waals surface area (Å²) in [6.07, 6.45) is 6.75. The van der Waals surface area contributed by atoms with E-state index >= 15 is 0 Å². The van der Waals surface area contributed by atoms with Crippen molar-refractivity contribution in [2.24, 2.45) is 5.92 Å². The summed E-state index contributed by atoms with van der Waals surface area (Å²) in [7, 11) is -3.71. The minimum absolute atomic E-state index is 0.222. The molecule has 108 valence electrons. The summed E-state index contributed by atoms with van der Waals surface area (Å²) in [5, 5.41) is 0. The summed E-state index contributed by atoms with van der Waals surface area (Å²) in [5.74, 6) is 0.317. The van der Waals surface area contributed by atoms with Gasteiger partial charge < -0.3 is 4.98 Å². The Morgan fingerprint density at radius 1 is 1.37 bits per heavy atom. The average Bonchev–Trinajstić information content (AvgIpc) is 2.39. The maximum absolute atomic E-state index is 12.0. The molecule has 0 spiro atoms. The standard InChI is InChI=1S/C13H22N2O3S/c1-3-5-6-11(4-2)9-15-19(17,18)13-10-14-8-7-12(13)16/h7-8,10-11,15H,3-6,9H2,1-2H3,(H,14,16). The molecule has 0 amide bonds. The molecule has 0 fully saturated rings. The fourth-order valence-corrected chi connectivity index (χ4v) is 3.03. The van der Waals surface area contributed by atoms with Gasteiger partial charge in [0.05, 0.1) is 0 Å². The van der Waals surface area contributed by atoms with Crippen LogP contribution in [-0.2, 0) is 10.0 Å². The summed E-state index contributed by atoms with van der Waals surface area (Å²) >= 11 is 0. The van der Waals surface area contributed by atoms with Crippen LogP contribution in [0.4, 0.5) is 0 Å². The highest BCUT2D eigenvalue weighted by atomic mass is 32.2. The van der Waals surface area contributed by atoms with Crippen LogP contribution in [0.1, 0.15) is 39.5 Å². The van der Waals surface area contributed by atoms with E-state index in [1.54, 1.807) is 0 Å². The Balaban J connectivity index is 2.70. The zero-order valence-corrected chi connectivity index (χ0v) is 12.3. The van der Waals surface area contributed by atoms with Crippen molar-refractivity contribution in [3.63, 3.8) is 0 Å². The number of nitrogens with one attached hydrogen (secondary N) is 2. The molecule has 1 rings (SSSR count). The molecular weight excluding hydrogens is 264 g/mol. The Labute approximate surface area is 114 Å². The molecule has 0 aromatic carbocycles. The van der Waals surface area contributed by atoms with Crippen LogP contribution in [0.15, 0.2) is 28.2 Å². The minimum atomic E-state index is -3.71. The predicted molar refractivity (Wildman–Crippen MR) is 75.6 cm³/mol. The molecule has 0 radical (unpaired) electrons. The van der Waals surface area contributed by atoms with Gasteiger partial charge in [-0.25, -0.2) is 13.1 Å². The van der Waals surface area contributed by atoms with Crippen molar-refractivity contribution in [1.82, 2.24) is 9.71 Å². The molecule has 0 aliphatic heterocycles. The van der Waals surface area contributed by atoms with Gasteiger partial charge in [-0.05, 0) is 12.3 Å². The molecule has 0 saturated heterocycles. The monoisotopic (exact) mass is 286 g/mol. The number of sulfonamides is 1. The molecule has 1 aromatic rings. The van der Waals surface area contributed by atoms with Crippen LogP contribution in [0.2, 0.25) is 0 Å². The Bertz CT molecular complexity index is 537. The fourth-order valence-electron chi connectivity index (χ4n) is 1.86. The first-order chi connectivity index (χ1) is 9.01. The number of unbranched alkanes of at least 4 members (excludes halogenated alkanes) is 1. The summed E-state index contributed by atoms with van der Waals surface area (Å²) in [5.41, 5.74) is -0.493. The molecule has 0 saturated carbocycles. The van der Waals surface area contributed by atoms with E-state index < -0.39 is 15.5 Å². The largest absolute Gasteiger partial charge is 0.366 e. The van der Waals surface area contributed by atoms with E-state index in [9.17, 15) is 13.2 Å². The molecule has 2 N–H and O–H groups in total. The highest BCUT2D eigenvalue weighted by molar-refractivity contribution is 7.89. The number of rotatable bonds is 8. The average molecular weight is 286 g/mol. The van der Waals surface area contributed by atoms with E-state index in [0.29, 0.717) is 12.5 Å². The van der Waals surface area contributed by atoms with E-state index in [1.165, 1.54) is 18.5 Å². The normalized spacial score (nSPS) is 13.4. The van der Waals surface area contributed by atoms with Crippen molar-refractivity contribution < 1.29 is 8.42 Å². The zero-order valence-electron chi connectivity index (χ0n) is 11.5. The van der Waals surface area contributed by atoms with Gasteiger partial charge in [0.25, 0.3) is 0 Å². The van der Waals surface area contributed by atoms with Gasteiger partial charge in [-0.3, -0.25) is 4.79 Å². The Kier molecular flexibility index (Phi) is 6.24. The van der Waals surface area contributed by atoms with Gasteiger partial charge in [0.15, 0.2) is 0 Å². The van der Waals surface area contributed by atoms with Crippen molar-refractivity contribution in [2.75, 3.05) is 6.54 Å². The molecule has 5 nitrogen and oxygen atoms in total. The summed E-state index contributed by atoms with van der Waals surface area (Å²) in [6.45, 7) is 4.54. The molecule has 0 aliphatic rings. The maximum Gasteiger partial charge on any atom is 0.245 e. The lowest BCUT2D eigenvalue weighted by molar-refractivity contribution is 0.443. The second-order valence-corrected chi connectivity index (χ2v) is 6.38. The van der Waals surface area contributed by atoms with E-state index in [2.05, 4.69) is 16.6 Å². The van der Waals surface area contributed by atoms with Crippen molar-refractivity contribution in [2.45, 2.75) is 44.4 Å². The van der Waals surface area contributed by atoms with Crippen LogP contribution < -0.4 is 10.2 Å². The maximum atomic E-state index is 12.0. The van der Waals surface area contributed by atoms with E-state index in [1.807, 2.05) is 6.92 Å². The fraction of sp³-hybridized carbons (Fsp3) is 0.615. The molecule has 1 heterocycles. The quantitative estimate of drug-likeness (QED) is 0.765. The van der Waals surface area contributed by atoms with Crippen molar-refractivity contribution >= 4 is 10.0 Å². The highest BCUT2D eigenvalue weighted by Crippen LogP contribution is 2.12. The Morgan fingerprint density at radius 2 is 2.11 bits per heavy atom. The molecule has 1 aromatic heterocycles. The third kappa shape index (κ3) is 4.80. The van der Waals surface area contributed by atoms with Crippen molar-refractivity contribution in [3.05, 3.63) is 28.7 Å². The molecule has 0 aliphatic carbocycles. The SMILES string of the molecule is CCCCC(CC)CNS(=O)(=O)c1c[nH]ccc1=O. The van der Waals surface area contributed by atoms with E-state index in [0.717, 1.165) is 25.7 Å². The van der Waals surface area contributed by atoms with Gasteiger partial charge in [-0.2, -0.15) is 0 Å². The van der Waals surface area contributed by atoms with Crippen molar-refractivity contribution in [1.29, 1.82) is 0 Å². The van der Waals surface area contributed by atoms with E-state index in [-0.39, 0.29) is 4.90 Å². The topological polar surface area (TPSA) is 79.0 Å². The first-order valence-corrected chi connectivity index (χ1v) is 8.16. The lowest BCUT2D eigenvalue weighted by atomic mass is 10.00. The number of aromatic nitrogens is 1. The molecule has 0 bridgehead atoms. The van der Waals surface area contributed by atoms with Gasteiger partial charge >= 0.3 is 0 Å². The minimum Gasteiger partial charge on any atom is -0.366 e. The molecular formula is C13H22N2O3S. The number of pyridine rings is 1. The summed E-state index contributed by atoms with van der Waals surface area (Å²) < 4.78 is 26.6. The smallest absolute Gasteiger partial charge is 0.245 e. The number of hydrogen-bond donors (Lipinski definition) is 2. The zero-order chi connectivity index (χ0) is 14.3. The van der Waals surface area contributed by atoms with Crippen molar-refractivity contribution in [3.8, 4) is 0 Å². The highest BCUT2D eigenvalue weighted by Gasteiger charge is 2.18. The van der Waals surface area contributed by atoms with Gasteiger partial charge in [-0.15, -0.1) is 0 Å². The molecule has 6 heteroatoms. The van der Waals surface area contributed by atoms with Crippen LogP contribution in [0.3, 0.4) is 0 Å². The first kappa shape index (κ1) is 15.9. The van der Waals surface area contributed by atoms with Crippen LogP contribution >= 0.6 is 0 Å². The van der Waals surface area contributed by atoms with Crippen LogP contribution in [0, 0.1) is 5.92 Å². The van der Waals surface area contributed by atoms with Crippen LogP contribution in [0.5, 0.6) is 0 Å². The van der Waals surface area contributed by atoms with Gasteiger partial charge in [0, 0.05) is 25.0 Å². The second-order valence-electron chi connectivity index (χ2n) is 4.64. The van der Waals surface area contributed by atoms with Gasteiger partial charge in [0.1, 0.15) is 4.90 Å². The van der Waals surface area contributed by atoms with Gasteiger partial charge in [0.2, 0.25) is 15.5 Å². The summed E-state index contributed by atoms with van der Waals surface area (Å²) in [4.78, 5) is 13.9. The van der Waals surface area contributed by atoms with Crippen LogP contribution in [-0.4, -0.2) is 19.9 Å². The number of aromatic amines is 1. The third-order valence-corrected chi connectivity index (χ3v) is 4.63. The van der Waals surface area contributed by atoms with E-state index in [4.69, 9.17) is 0 Å². The van der Waals surface area contributed by atoms with Gasteiger partial charge in [-0.1, -0.05) is 33.1 Å². The second kappa shape index (κ2) is 7.45.